The van der Waals surface area contributed by atoms with Gasteiger partial charge in [0, 0.05) is 56.9 Å². The Balaban J connectivity index is 1.06. The van der Waals surface area contributed by atoms with Crippen molar-refractivity contribution in [3.8, 4) is 0 Å². The molecule has 0 radical (unpaired) electrons. The minimum atomic E-state index is -0.380. The summed E-state index contributed by atoms with van der Waals surface area (Å²) in [6.07, 6.45) is 8.45. The van der Waals surface area contributed by atoms with E-state index in [1.165, 1.54) is 37.8 Å². The molecule has 0 amide bonds. The molecule has 2 saturated heterocycles. The quantitative estimate of drug-likeness (QED) is 0.615. The van der Waals surface area contributed by atoms with Crippen molar-refractivity contribution in [2.24, 2.45) is 0 Å². The van der Waals surface area contributed by atoms with E-state index in [2.05, 4.69) is 56.7 Å². The highest BCUT2D eigenvalue weighted by molar-refractivity contribution is 5.46. The van der Waals surface area contributed by atoms with Gasteiger partial charge in [-0.1, -0.05) is 42.6 Å². The van der Waals surface area contributed by atoms with E-state index >= 15 is 0 Å². The zero-order valence-corrected chi connectivity index (χ0v) is 20.3. The average molecular weight is 469 g/mol. The Bertz CT molecular complexity index is 862. The number of anilines is 1. The second kappa shape index (κ2) is 11.7. The summed E-state index contributed by atoms with van der Waals surface area (Å²) in [6.45, 7) is 5.63. The van der Waals surface area contributed by atoms with Crippen LogP contribution in [0.2, 0.25) is 0 Å². The third kappa shape index (κ3) is 6.39. The summed E-state index contributed by atoms with van der Waals surface area (Å²) in [4.78, 5) is 4.88. The van der Waals surface area contributed by atoms with Crippen LogP contribution in [0, 0.1) is 0 Å². The first-order valence-corrected chi connectivity index (χ1v) is 13.3. The third-order valence-corrected chi connectivity index (χ3v) is 7.71. The molecule has 1 aliphatic carbocycles. The molecule has 34 heavy (non-hydrogen) atoms. The smallest absolute Gasteiger partial charge is 0.150 e. The van der Waals surface area contributed by atoms with Crippen molar-refractivity contribution in [3.63, 3.8) is 0 Å². The molecule has 0 unspecified atom stereocenters. The van der Waals surface area contributed by atoms with Gasteiger partial charge in [0.05, 0.1) is 30.6 Å². The molecule has 3 heterocycles. The summed E-state index contributed by atoms with van der Waals surface area (Å²) in [5.74, 6) is 0.925. The number of aliphatic hydroxyl groups excluding tert-OH is 1. The molecule has 1 aromatic heterocycles. The Morgan fingerprint density at radius 3 is 2.56 bits per heavy atom. The molecule has 1 aromatic carbocycles. The monoisotopic (exact) mass is 468 g/mol. The topological polar surface area (TPSA) is 74.0 Å². The first-order valence-electron chi connectivity index (χ1n) is 13.3. The molecule has 7 nitrogen and oxygen atoms in total. The maximum Gasteiger partial charge on any atom is 0.150 e. The number of hydrogen-bond donors (Lipinski definition) is 2. The molecule has 3 atom stereocenters. The normalized spacial score (nSPS) is 27.2. The fourth-order valence-corrected chi connectivity index (χ4v) is 5.66. The summed E-state index contributed by atoms with van der Waals surface area (Å²) < 4.78 is 12.0. The lowest BCUT2D eigenvalue weighted by atomic mass is 9.94. The molecule has 2 aliphatic heterocycles. The average Bonchev–Trinajstić information content (AvgIpc) is 3.32. The second-order valence-electron chi connectivity index (χ2n) is 10.3. The van der Waals surface area contributed by atoms with Crippen LogP contribution in [-0.2, 0) is 17.7 Å². The van der Waals surface area contributed by atoms with E-state index in [0.717, 1.165) is 70.0 Å². The van der Waals surface area contributed by atoms with Crippen molar-refractivity contribution in [2.45, 2.75) is 82.3 Å². The Hall–Kier alpha value is -1.93. The fraction of sp³-hybridized carbons (Fsp3) is 0.667. The van der Waals surface area contributed by atoms with E-state index in [-0.39, 0.29) is 18.3 Å². The predicted octanol–water partition coefficient (Wildman–Crippen LogP) is 3.37. The molecule has 186 valence electrons. The first kappa shape index (κ1) is 23.8. The van der Waals surface area contributed by atoms with Crippen molar-refractivity contribution in [3.05, 3.63) is 47.9 Å². The van der Waals surface area contributed by atoms with Crippen LogP contribution < -0.4 is 10.2 Å². The van der Waals surface area contributed by atoms with Crippen molar-refractivity contribution >= 4 is 5.69 Å². The van der Waals surface area contributed by atoms with Crippen molar-refractivity contribution in [1.29, 1.82) is 0 Å². The molecular formula is C27H40N4O3. The van der Waals surface area contributed by atoms with Crippen LogP contribution in [0.4, 0.5) is 5.69 Å². The Morgan fingerprint density at radius 2 is 1.76 bits per heavy atom. The third-order valence-electron chi connectivity index (χ3n) is 7.71. The number of nitrogens with one attached hydrogen (secondary N) is 1. The van der Waals surface area contributed by atoms with Crippen LogP contribution in [0.3, 0.4) is 0 Å². The van der Waals surface area contributed by atoms with Gasteiger partial charge in [-0.25, -0.2) is 0 Å². The number of rotatable bonds is 8. The standard InChI is InChI=1S/C27H40N4O3/c32-26-12-11-24(33-27(26)19-28-21-7-3-1-4-8-21)17-22-18-25(34-29-22)20-30-13-15-31(16-14-30)23-9-5-2-6-10-23/h2,5-6,9-10,18,21,24,26-28,32H,1,3-4,7-8,11-17,19-20H2/t24-,26-,27+/m0/s1. The number of aliphatic hydroxyl groups is 1. The minimum Gasteiger partial charge on any atom is -0.390 e. The molecule has 2 aromatic rings. The van der Waals surface area contributed by atoms with Gasteiger partial charge in [-0.2, -0.15) is 0 Å². The largest absolute Gasteiger partial charge is 0.390 e. The van der Waals surface area contributed by atoms with Crippen molar-refractivity contribution < 1.29 is 14.4 Å². The summed E-state index contributed by atoms with van der Waals surface area (Å²) >= 11 is 0. The second-order valence-corrected chi connectivity index (χ2v) is 10.3. The number of benzene rings is 1. The fourth-order valence-electron chi connectivity index (χ4n) is 5.66. The number of ether oxygens (including phenoxy) is 1. The minimum absolute atomic E-state index is 0.0916. The number of nitrogens with zero attached hydrogens (tertiary/aromatic N) is 3. The van der Waals surface area contributed by atoms with Crippen LogP contribution in [0.25, 0.3) is 0 Å². The Labute approximate surface area is 203 Å². The number of hydrogen-bond acceptors (Lipinski definition) is 7. The van der Waals surface area contributed by atoms with Gasteiger partial charge < -0.3 is 24.6 Å². The SMILES string of the molecule is O[C@H]1CC[C@@H](Cc2cc(CN3CCN(c4ccccc4)CC3)on2)O[C@@H]1CNC1CCCCC1. The van der Waals surface area contributed by atoms with Crippen LogP contribution in [0.15, 0.2) is 40.9 Å². The Kier molecular flexibility index (Phi) is 8.17. The number of aromatic nitrogens is 1. The lowest BCUT2D eigenvalue weighted by molar-refractivity contribution is -0.115. The lowest BCUT2D eigenvalue weighted by Crippen LogP contribution is -2.47. The summed E-state index contributed by atoms with van der Waals surface area (Å²) in [7, 11) is 0. The molecule has 0 bridgehead atoms. The van der Waals surface area contributed by atoms with Gasteiger partial charge in [-0.05, 0) is 37.8 Å². The first-order chi connectivity index (χ1) is 16.7. The van der Waals surface area contributed by atoms with Gasteiger partial charge in [0.25, 0.3) is 0 Å². The van der Waals surface area contributed by atoms with Gasteiger partial charge in [-0.3, -0.25) is 4.90 Å². The van der Waals surface area contributed by atoms with E-state index in [1.54, 1.807) is 0 Å². The van der Waals surface area contributed by atoms with Crippen LogP contribution >= 0.6 is 0 Å². The number of para-hydroxylation sites is 1. The van der Waals surface area contributed by atoms with Gasteiger partial charge >= 0.3 is 0 Å². The maximum absolute atomic E-state index is 10.5. The molecule has 1 saturated carbocycles. The van der Waals surface area contributed by atoms with Gasteiger partial charge in [0.1, 0.15) is 0 Å². The van der Waals surface area contributed by atoms with E-state index < -0.39 is 0 Å². The molecule has 2 N–H and O–H groups in total. The molecule has 0 spiro atoms. The highest BCUT2D eigenvalue weighted by Crippen LogP contribution is 2.24. The molecule has 7 heteroatoms. The summed E-state index contributed by atoms with van der Waals surface area (Å²) in [5, 5.41) is 18.4. The zero-order valence-electron chi connectivity index (χ0n) is 20.3. The van der Waals surface area contributed by atoms with Crippen molar-refractivity contribution in [1.82, 2.24) is 15.4 Å². The number of piperazine rings is 1. The Morgan fingerprint density at radius 1 is 0.971 bits per heavy atom. The van der Waals surface area contributed by atoms with Gasteiger partial charge in [0.2, 0.25) is 0 Å². The maximum atomic E-state index is 10.5. The van der Waals surface area contributed by atoms with E-state index in [9.17, 15) is 5.11 Å². The molecule has 3 aliphatic rings. The van der Waals surface area contributed by atoms with E-state index in [0.29, 0.717) is 6.04 Å². The van der Waals surface area contributed by atoms with Crippen molar-refractivity contribution in [2.75, 3.05) is 37.6 Å². The van der Waals surface area contributed by atoms with E-state index in [1.807, 2.05) is 0 Å². The highest BCUT2D eigenvalue weighted by atomic mass is 16.5. The summed E-state index contributed by atoms with van der Waals surface area (Å²) in [6, 6.07) is 13.3. The predicted molar refractivity (Wildman–Crippen MR) is 133 cm³/mol. The van der Waals surface area contributed by atoms with Crippen LogP contribution in [0.5, 0.6) is 0 Å². The van der Waals surface area contributed by atoms with Crippen LogP contribution in [-0.4, -0.2) is 72.2 Å². The van der Waals surface area contributed by atoms with E-state index in [4.69, 9.17) is 9.26 Å². The highest BCUT2D eigenvalue weighted by Gasteiger charge is 2.31. The molecule has 3 fully saturated rings. The van der Waals surface area contributed by atoms with Gasteiger partial charge in [0.15, 0.2) is 5.76 Å². The lowest BCUT2D eigenvalue weighted by Gasteiger charge is -2.35. The van der Waals surface area contributed by atoms with Gasteiger partial charge in [-0.15, -0.1) is 0 Å². The zero-order chi connectivity index (χ0) is 23.2. The summed E-state index contributed by atoms with van der Waals surface area (Å²) in [5.41, 5.74) is 2.26. The molecule has 5 rings (SSSR count). The van der Waals surface area contributed by atoms with Crippen LogP contribution in [0.1, 0.15) is 56.4 Å². The molecular weight excluding hydrogens is 428 g/mol.